The second kappa shape index (κ2) is 5.26. The van der Waals surface area contributed by atoms with Crippen LogP contribution in [-0.2, 0) is 12.8 Å². The molecule has 0 aromatic heterocycles. The number of nitrogens with zero attached hydrogens (tertiary/aromatic N) is 1. The number of ether oxygens (including phenoxy) is 2. The molecule has 0 radical (unpaired) electrons. The third kappa shape index (κ3) is 2.27. The standard InChI is InChI=1S/C16H22N2O2/c1-2-14(18-5-3-17-4-6-18)9-13-11-16-15(10-12(1)13)19-7-8-20-16/h10-11,14,17H,1-9H2. The van der Waals surface area contributed by atoms with Gasteiger partial charge in [-0.3, -0.25) is 4.90 Å². The second-order valence-corrected chi connectivity index (χ2v) is 5.95. The largest absolute Gasteiger partial charge is 0.486 e. The fourth-order valence-electron chi connectivity index (χ4n) is 3.63. The summed E-state index contributed by atoms with van der Waals surface area (Å²) < 4.78 is 11.4. The zero-order valence-corrected chi connectivity index (χ0v) is 11.9. The Morgan fingerprint density at radius 1 is 1.00 bits per heavy atom. The van der Waals surface area contributed by atoms with Gasteiger partial charge in [0.1, 0.15) is 13.2 Å². The average molecular weight is 274 g/mol. The lowest BCUT2D eigenvalue weighted by Gasteiger charge is -2.38. The van der Waals surface area contributed by atoms with Crippen molar-refractivity contribution in [2.45, 2.75) is 25.3 Å². The van der Waals surface area contributed by atoms with E-state index in [1.165, 1.54) is 37.1 Å². The molecule has 1 atom stereocenters. The highest BCUT2D eigenvalue weighted by atomic mass is 16.6. The normalized spacial score (nSPS) is 26.1. The molecule has 1 unspecified atom stereocenters. The van der Waals surface area contributed by atoms with Gasteiger partial charge in [-0.25, -0.2) is 0 Å². The Hall–Kier alpha value is -1.26. The van der Waals surface area contributed by atoms with E-state index in [1.54, 1.807) is 0 Å². The van der Waals surface area contributed by atoms with E-state index in [9.17, 15) is 0 Å². The first kappa shape index (κ1) is 12.5. The van der Waals surface area contributed by atoms with Gasteiger partial charge in [-0.15, -0.1) is 0 Å². The molecule has 4 heteroatoms. The number of nitrogens with one attached hydrogen (secondary N) is 1. The molecule has 4 nitrogen and oxygen atoms in total. The minimum Gasteiger partial charge on any atom is -0.486 e. The van der Waals surface area contributed by atoms with Gasteiger partial charge in [0.2, 0.25) is 0 Å². The van der Waals surface area contributed by atoms with E-state index >= 15 is 0 Å². The van der Waals surface area contributed by atoms with Gasteiger partial charge in [-0.05, 0) is 42.5 Å². The predicted octanol–water partition coefficient (Wildman–Crippen LogP) is 1.22. The van der Waals surface area contributed by atoms with Gasteiger partial charge in [0.05, 0.1) is 0 Å². The predicted molar refractivity (Wildman–Crippen MR) is 77.7 cm³/mol. The van der Waals surface area contributed by atoms with Crippen LogP contribution >= 0.6 is 0 Å². The summed E-state index contributed by atoms with van der Waals surface area (Å²) in [4.78, 5) is 2.65. The molecule has 3 aliphatic rings. The molecule has 1 aromatic carbocycles. The summed E-state index contributed by atoms with van der Waals surface area (Å²) in [5.74, 6) is 1.88. The number of fused-ring (bicyclic) bond motifs is 2. The lowest BCUT2D eigenvalue weighted by Crippen LogP contribution is -2.50. The Bertz CT molecular complexity index is 497. The zero-order valence-electron chi connectivity index (χ0n) is 11.9. The molecular formula is C16H22N2O2. The summed E-state index contributed by atoms with van der Waals surface area (Å²) in [6.07, 6.45) is 3.60. The summed E-state index contributed by atoms with van der Waals surface area (Å²) in [5, 5.41) is 3.44. The fraction of sp³-hybridized carbons (Fsp3) is 0.625. The summed E-state index contributed by atoms with van der Waals surface area (Å²) in [5.41, 5.74) is 2.92. The third-order valence-electron chi connectivity index (χ3n) is 4.73. The maximum atomic E-state index is 5.72. The van der Waals surface area contributed by atoms with E-state index in [2.05, 4.69) is 22.3 Å². The highest BCUT2D eigenvalue weighted by Gasteiger charge is 2.27. The maximum Gasteiger partial charge on any atom is 0.161 e. The lowest BCUT2D eigenvalue weighted by atomic mass is 9.86. The topological polar surface area (TPSA) is 33.7 Å². The van der Waals surface area contributed by atoms with Gasteiger partial charge >= 0.3 is 0 Å². The Kier molecular flexibility index (Phi) is 3.28. The van der Waals surface area contributed by atoms with Gasteiger partial charge in [0.25, 0.3) is 0 Å². The van der Waals surface area contributed by atoms with Crippen LogP contribution in [0, 0.1) is 0 Å². The van der Waals surface area contributed by atoms with E-state index in [0.29, 0.717) is 19.3 Å². The average Bonchev–Trinajstić information content (AvgIpc) is 2.53. The van der Waals surface area contributed by atoms with E-state index in [4.69, 9.17) is 9.47 Å². The van der Waals surface area contributed by atoms with Crippen LogP contribution in [0.5, 0.6) is 11.5 Å². The molecule has 1 aromatic rings. The van der Waals surface area contributed by atoms with Gasteiger partial charge in [-0.2, -0.15) is 0 Å². The van der Waals surface area contributed by atoms with Crippen molar-refractivity contribution in [1.82, 2.24) is 10.2 Å². The Morgan fingerprint density at radius 2 is 1.70 bits per heavy atom. The minimum atomic E-state index is 0.674. The van der Waals surface area contributed by atoms with Crippen molar-refractivity contribution in [2.24, 2.45) is 0 Å². The maximum absolute atomic E-state index is 5.72. The van der Waals surface area contributed by atoms with Crippen LogP contribution < -0.4 is 14.8 Å². The van der Waals surface area contributed by atoms with Crippen LogP contribution in [-0.4, -0.2) is 50.3 Å². The van der Waals surface area contributed by atoms with Crippen molar-refractivity contribution in [1.29, 1.82) is 0 Å². The van der Waals surface area contributed by atoms with Crippen molar-refractivity contribution in [2.75, 3.05) is 39.4 Å². The molecule has 108 valence electrons. The highest BCUT2D eigenvalue weighted by molar-refractivity contribution is 5.49. The molecule has 0 saturated carbocycles. The van der Waals surface area contributed by atoms with Crippen LogP contribution in [0.3, 0.4) is 0 Å². The Balaban J connectivity index is 1.55. The highest BCUT2D eigenvalue weighted by Crippen LogP contribution is 2.36. The molecule has 0 amide bonds. The monoisotopic (exact) mass is 274 g/mol. The van der Waals surface area contributed by atoms with Crippen LogP contribution in [0.15, 0.2) is 12.1 Å². The summed E-state index contributed by atoms with van der Waals surface area (Å²) in [6, 6.07) is 5.13. The van der Waals surface area contributed by atoms with Crippen molar-refractivity contribution < 1.29 is 9.47 Å². The lowest BCUT2D eigenvalue weighted by molar-refractivity contribution is 0.156. The SMILES string of the molecule is c1c2c(cc3c1OCCO3)CC(N1CCNCC1)CC2. The minimum absolute atomic E-state index is 0.674. The van der Waals surface area contributed by atoms with Crippen LogP contribution in [0.1, 0.15) is 17.5 Å². The van der Waals surface area contributed by atoms with Crippen LogP contribution in [0.25, 0.3) is 0 Å². The molecular weight excluding hydrogens is 252 g/mol. The Labute approximate surface area is 120 Å². The van der Waals surface area contributed by atoms with Gasteiger partial charge in [0, 0.05) is 32.2 Å². The number of piperazine rings is 1. The number of aryl methyl sites for hydroxylation is 1. The molecule has 2 aliphatic heterocycles. The molecule has 1 fully saturated rings. The first-order valence-corrected chi connectivity index (χ1v) is 7.76. The Morgan fingerprint density at radius 3 is 2.45 bits per heavy atom. The molecule has 1 N–H and O–H groups in total. The number of hydrogen-bond acceptors (Lipinski definition) is 4. The quantitative estimate of drug-likeness (QED) is 0.835. The van der Waals surface area contributed by atoms with E-state index in [1.807, 2.05) is 0 Å². The third-order valence-corrected chi connectivity index (χ3v) is 4.73. The molecule has 1 aliphatic carbocycles. The van der Waals surface area contributed by atoms with Crippen molar-refractivity contribution in [3.8, 4) is 11.5 Å². The number of benzene rings is 1. The molecule has 2 heterocycles. The fourth-order valence-corrected chi connectivity index (χ4v) is 3.63. The van der Waals surface area contributed by atoms with Gasteiger partial charge in [0.15, 0.2) is 11.5 Å². The van der Waals surface area contributed by atoms with Gasteiger partial charge in [-0.1, -0.05) is 0 Å². The van der Waals surface area contributed by atoms with Crippen molar-refractivity contribution in [3.05, 3.63) is 23.3 Å². The van der Waals surface area contributed by atoms with E-state index < -0.39 is 0 Å². The smallest absolute Gasteiger partial charge is 0.161 e. The zero-order chi connectivity index (χ0) is 13.4. The number of hydrogen-bond donors (Lipinski definition) is 1. The molecule has 20 heavy (non-hydrogen) atoms. The van der Waals surface area contributed by atoms with Crippen LogP contribution in [0.2, 0.25) is 0 Å². The van der Waals surface area contributed by atoms with Crippen molar-refractivity contribution in [3.63, 3.8) is 0 Å². The summed E-state index contributed by atoms with van der Waals surface area (Å²) in [7, 11) is 0. The molecule has 4 rings (SSSR count). The summed E-state index contributed by atoms with van der Waals surface area (Å²) >= 11 is 0. The molecule has 0 bridgehead atoms. The second-order valence-electron chi connectivity index (χ2n) is 5.95. The molecule has 1 saturated heterocycles. The number of rotatable bonds is 1. The first-order chi connectivity index (χ1) is 9.90. The van der Waals surface area contributed by atoms with Crippen molar-refractivity contribution >= 4 is 0 Å². The summed E-state index contributed by atoms with van der Waals surface area (Å²) in [6.45, 7) is 5.98. The van der Waals surface area contributed by atoms with E-state index in [-0.39, 0.29) is 0 Å². The van der Waals surface area contributed by atoms with Gasteiger partial charge < -0.3 is 14.8 Å². The first-order valence-electron chi connectivity index (χ1n) is 7.76. The molecule has 0 spiro atoms. The van der Waals surface area contributed by atoms with E-state index in [0.717, 1.165) is 31.0 Å². The van der Waals surface area contributed by atoms with Crippen LogP contribution in [0.4, 0.5) is 0 Å².